The lowest BCUT2D eigenvalue weighted by Gasteiger charge is -2.29. The first-order chi connectivity index (χ1) is 28.5. The topological polar surface area (TPSA) is 25.6 Å². The largest absolute Gasteiger partial charge is 0.456 e. The zero-order chi connectivity index (χ0) is 38.5. The molecular weight excluding hydrogens is 707 g/mol. The van der Waals surface area contributed by atoms with Crippen molar-refractivity contribution < 1.29 is 9.15 Å². The van der Waals surface area contributed by atoms with Crippen molar-refractivity contribution in [3.63, 3.8) is 0 Å². The monoisotopic (exact) mass is 743 g/mol. The molecule has 10 aromatic rings. The van der Waals surface area contributed by atoms with Crippen LogP contribution in [0.15, 0.2) is 192 Å². The van der Waals surface area contributed by atoms with Gasteiger partial charge in [-0.15, -0.1) is 0 Å². The molecular formula is C55H37NO2. The van der Waals surface area contributed by atoms with Crippen LogP contribution >= 0.6 is 0 Å². The molecule has 9 aromatic carbocycles. The third-order valence-electron chi connectivity index (χ3n) is 12.5. The van der Waals surface area contributed by atoms with E-state index in [2.05, 4.69) is 195 Å². The molecule has 3 heteroatoms. The van der Waals surface area contributed by atoms with Crippen LogP contribution in [0.5, 0.6) is 11.5 Å². The van der Waals surface area contributed by atoms with E-state index < -0.39 is 0 Å². The predicted molar refractivity (Wildman–Crippen MR) is 240 cm³/mol. The second-order valence-corrected chi connectivity index (χ2v) is 16.1. The van der Waals surface area contributed by atoms with E-state index in [1.807, 2.05) is 12.1 Å². The molecule has 0 saturated carbocycles. The summed E-state index contributed by atoms with van der Waals surface area (Å²) in [5.41, 5.74) is 16.9. The first-order valence-electron chi connectivity index (χ1n) is 20.0. The quantitative estimate of drug-likeness (QED) is 0.176. The molecule has 0 atom stereocenters. The van der Waals surface area contributed by atoms with Gasteiger partial charge in [0.2, 0.25) is 0 Å². The van der Waals surface area contributed by atoms with Gasteiger partial charge in [-0.3, -0.25) is 0 Å². The van der Waals surface area contributed by atoms with Gasteiger partial charge in [0.05, 0.1) is 11.4 Å². The summed E-state index contributed by atoms with van der Waals surface area (Å²) in [5, 5.41) is 4.50. The second-order valence-electron chi connectivity index (χ2n) is 16.1. The zero-order valence-corrected chi connectivity index (χ0v) is 32.2. The highest BCUT2D eigenvalue weighted by Gasteiger charge is 2.36. The van der Waals surface area contributed by atoms with Crippen molar-refractivity contribution in [3.05, 3.63) is 199 Å². The Kier molecular flexibility index (Phi) is 6.98. The highest BCUT2D eigenvalue weighted by Crippen LogP contribution is 2.54. The van der Waals surface area contributed by atoms with Gasteiger partial charge in [-0.2, -0.15) is 0 Å². The Morgan fingerprint density at radius 3 is 2.02 bits per heavy atom. The second kappa shape index (κ2) is 12.3. The SMILES string of the molecule is CC1(C)c2ccccc2-c2cc(N(c3ccc4c(c3)Oc3ccc(-c5cccc(-c6ccccc6)c5)c5cccc-4c35)c3cccc4c3oc3ccccc34)ccc21. The molecule has 12 rings (SSSR count). The van der Waals surface area contributed by atoms with E-state index in [1.165, 1.54) is 55.5 Å². The van der Waals surface area contributed by atoms with Crippen LogP contribution in [-0.4, -0.2) is 0 Å². The van der Waals surface area contributed by atoms with Crippen LogP contribution in [0.2, 0.25) is 0 Å². The third kappa shape index (κ3) is 4.80. The average Bonchev–Trinajstić information content (AvgIpc) is 3.76. The number of furan rings is 1. The van der Waals surface area contributed by atoms with Crippen LogP contribution in [0.25, 0.3) is 77.2 Å². The van der Waals surface area contributed by atoms with Gasteiger partial charge in [-0.25, -0.2) is 0 Å². The molecule has 0 radical (unpaired) electrons. The number of hydrogen-bond donors (Lipinski definition) is 0. The maximum Gasteiger partial charge on any atom is 0.159 e. The van der Waals surface area contributed by atoms with Crippen molar-refractivity contribution in [2.24, 2.45) is 0 Å². The van der Waals surface area contributed by atoms with Crippen molar-refractivity contribution in [1.29, 1.82) is 0 Å². The molecule has 0 N–H and O–H groups in total. The number of hydrogen-bond acceptors (Lipinski definition) is 3. The molecule has 1 aliphatic carbocycles. The van der Waals surface area contributed by atoms with Gasteiger partial charge < -0.3 is 14.1 Å². The van der Waals surface area contributed by atoms with E-state index in [1.54, 1.807) is 0 Å². The molecule has 2 heterocycles. The molecule has 274 valence electrons. The number of anilines is 3. The summed E-state index contributed by atoms with van der Waals surface area (Å²) in [4.78, 5) is 2.33. The molecule has 0 saturated heterocycles. The maximum absolute atomic E-state index is 6.93. The van der Waals surface area contributed by atoms with Gasteiger partial charge in [0.15, 0.2) is 5.58 Å². The molecule has 58 heavy (non-hydrogen) atoms. The molecule has 2 aliphatic rings. The highest BCUT2D eigenvalue weighted by molar-refractivity contribution is 6.12. The van der Waals surface area contributed by atoms with Gasteiger partial charge in [-0.05, 0) is 104 Å². The Bertz CT molecular complexity index is 3300. The lowest BCUT2D eigenvalue weighted by atomic mass is 9.82. The average molecular weight is 744 g/mol. The molecule has 0 unspecified atom stereocenters. The van der Waals surface area contributed by atoms with Gasteiger partial charge in [0.1, 0.15) is 17.1 Å². The van der Waals surface area contributed by atoms with E-state index in [-0.39, 0.29) is 5.41 Å². The number of benzene rings is 9. The molecule has 0 amide bonds. The van der Waals surface area contributed by atoms with Crippen molar-refractivity contribution in [3.8, 4) is 56.0 Å². The van der Waals surface area contributed by atoms with E-state index >= 15 is 0 Å². The molecule has 0 spiro atoms. The molecule has 1 aliphatic heterocycles. The summed E-state index contributed by atoms with van der Waals surface area (Å²) in [6, 6.07) is 67.5. The van der Waals surface area contributed by atoms with Gasteiger partial charge in [-0.1, -0.05) is 147 Å². The zero-order valence-electron chi connectivity index (χ0n) is 32.2. The Labute approximate surface area is 337 Å². The summed E-state index contributed by atoms with van der Waals surface area (Å²) >= 11 is 0. The summed E-state index contributed by atoms with van der Waals surface area (Å²) in [6.45, 7) is 4.66. The first kappa shape index (κ1) is 32.8. The van der Waals surface area contributed by atoms with E-state index in [0.29, 0.717) is 0 Å². The lowest BCUT2D eigenvalue weighted by molar-refractivity contribution is 0.487. The smallest absolute Gasteiger partial charge is 0.159 e. The minimum Gasteiger partial charge on any atom is -0.456 e. The number of rotatable bonds is 5. The lowest BCUT2D eigenvalue weighted by Crippen LogP contribution is -2.15. The van der Waals surface area contributed by atoms with E-state index in [4.69, 9.17) is 9.15 Å². The fourth-order valence-electron chi connectivity index (χ4n) is 9.69. The van der Waals surface area contributed by atoms with Crippen molar-refractivity contribution >= 4 is 49.8 Å². The Morgan fingerprint density at radius 2 is 1.09 bits per heavy atom. The van der Waals surface area contributed by atoms with Crippen LogP contribution in [0.3, 0.4) is 0 Å². The summed E-state index contributed by atoms with van der Waals surface area (Å²) in [6.07, 6.45) is 0. The Balaban J connectivity index is 1.02. The van der Waals surface area contributed by atoms with Crippen LogP contribution in [0.4, 0.5) is 17.1 Å². The van der Waals surface area contributed by atoms with Gasteiger partial charge in [0.25, 0.3) is 0 Å². The maximum atomic E-state index is 6.93. The predicted octanol–water partition coefficient (Wildman–Crippen LogP) is 15.6. The fourth-order valence-corrected chi connectivity index (χ4v) is 9.69. The minimum atomic E-state index is -0.0906. The van der Waals surface area contributed by atoms with Crippen LogP contribution in [0, 0.1) is 0 Å². The summed E-state index contributed by atoms with van der Waals surface area (Å²) < 4.78 is 13.6. The van der Waals surface area contributed by atoms with E-state index in [9.17, 15) is 0 Å². The molecule has 1 aromatic heterocycles. The van der Waals surface area contributed by atoms with Crippen molar-refractivity contribution in [2.45, 2.75) is 19.3 Å². The van der Waals surface area contributed by atoms with Crippen molar-refractivity contribution in [1.82, 2.24) is 0 Å². The van der Waals surface area contributed by atoms with Gasteiger partial charge in [0, 0.05) is 38.9 Å². The van der Waals surface area contributed by atoms with Gasteiger partial charge >= 0.3 is 0 Å². The third-order valence-corrected chi connectivity index (χ3v) is 12.5. The fraction of sp³-hybridized carbons (Fsp3) is 0.0545. The van der Waals surface area contributed by atoms with Crippen LogP contribution < -0.4 is 9.64 Å². The van der Waals surface area contributed by atoms with E-state index in [0.717, 1.165) is 61.4 Å². The molecule has 0 bridgehead atoms. The van der Waals surface area contributed by atoms with Crippen molar-refractivity contribution in [2.75, 3.05) is 4.90 Å². The summed E-state index contributed by atoms with van der Waals surface area (Å²) in [5.74, 6) is 1.69. The standard InChI is InChI=1S/C55H37NO2/c1-55(2)47-22-8-6-17-40(47)46-32-37(26-29-48(46)55)56(49-23-12-21-45-41-18-7-9-24-50(41)58-54(45)49)38-25-27-42-44-20-11-19-43-39(28-30-51(53(43)44)57-52(42)33-38)36-16-10-15-35(31-36)34-13-4-3-5-14-34/h3-33H,1-2H3. The normalized spacial score (nSPS) is 13.3. The Hall–Kier alpha value is -7.36. The first-order valence-corrected chi connectivity index (χ1v) is 20.0. The number of fused-ring (bicyclic) bond motifs is 8. The number of ether oxygens (including phenoxy) is 1. The number of nitrogens with zero attached hydrogens (tertiary/aromatic N) is 1. The molecule has 3 nitrogen and oxygen atoms in total. The Morgan fingerprint density at radius 1 is 0.414 bits per heavy atom. The van der Waals surface area contributed by atoms with Crippen LogP contribution in [-0.2, 0) is 5.41 Å². The van der Waals surface area contributed by atoms with Crippen LogP contribution in [0.1, 0.15) is 25.0 Å². The molecule has 0 fully saturated rings. The minimum absolute atomic E-state index is 0.0906. The summed E-state index contributed by atoms with van der Waals surface area (Å²) in [7, 11) is 0. The number of para-hydroxylation sites is 2. The highest BCUT2D eigenvalue weighted by atomic mass is 16.5.